The molecule has 1 N–H and O–H groups in total. The molecule has 3 rings (SSSR count). The van der Waals surface area contributed by atoms with Crippen molar-refractivity contribution in [2.45, 2.75) is 46.3 Å². The topological polar surface area (TPSA) is 68.5 Å². The first kappa shape index (κ1) is 17.5. The molecule has 1 unspecified atom stereocenters. The summed E-state index contributed by atoms with van der Waals surface area (Å²) in [6.45, 7) is 8.32. The summed E-state index contributed by atoms with van der Waals surface area (Å²) in [7, 11) is 0. The molecule has 1 aliphatic rings. The van der Waals surface area contributed by atoms with E-state index in [1.54, 1.807) is 19.1 Å². The van der Waals surface area contributed by atoms with Crippen molar-refractivity contribution in [2.75, 3.05) is 5.32 Å². The fraction of sp³-hybridized carbons (Fsp3) is 0.389. The predicted molar refractivity (Wildman–Crippen MR) is 98.1 cm³/mol. The number of nitrogens with one attached hydrogen (secondary N) is 1. The zero-order chi connectivity index (χ0) is 18.2. The van der Waals surface area contributed by atoms with Crippen LogP contribution in [0.1, 0.15) is 37.2 Å². The highest BCUT2D eigenvalue weighted by Crippen LogP contribution is 2.29. The van der Waals surface area contributed by atoms with Crippen LogP contribution in [0.2, 0.25) is 5.02 Å². The van der Waals surface area contributed by atoms with Gasteiger partial charge in [-0.05, 0) is 45.4 Å². The minimum atomic E-state index is -1.05. The van der Waals surface area contributed by atoms with E-state index in [0.29, 0.717) is 11.4 Å². The largest absolute Gasteiger partial charge is 0.379 e. The molecule has 1 aromatic carbocycles. The molecule has 0 fully saturated rings. The van der Waals surface area contributed by atoms with Crippen LogP contribution in [-0.2, 0) is 16.2 Å². The van der Waals surface area contributed by atoms with Crippen molar-refractivity contribution in [1.82, 2.24) is 9.78 Å². The van der Waals surface area contributed by atoms with E-state index in [2.05, 4.69) is 15.6 Å². The molecule has 0 bridgehead atoms. The van der Waals surface area contributed by atoms with Gasteiger partial charge in [-0.3, -0.25) is 9.48 Å². The van der Waals surface area contributed by atoms with E-state index in [-0.39, 0.29) is 5.91 Å². The molecule has 1 atom stereocenters. The summed E-state index contributed by atoms with van der Waals surface area (Å²) in [5, 5.41) is 12.1. The van der Waals surface area contributed by atoms with Crippen LogP contribution < -0.4 is 5.32 Å². The van der Waals surface area contributed by atoms with Gasteiger partial charge in [-0.2, -0.15) is 5.10 Å². The Labute approximate surface area is 151 Å². The molecule has 0 spiro atoms. The van der Waals surface area contributed by atoms with Crippen LogP contribution in [0.25, 0.3) is 0 Å². The average molecular weight is 361 g/mol. The predicted octanol–water partition coefficient (Wildman–Crippen LogP) is 3.70. The van der Waals surface area contributed by atoms with Crippen molar-refractivity contribution in [2.24, 2.45) is 5.16 Å². The van der Waals surface area contributed by atoms with Crippen LogP contribution in [0.4, 0.5) is 5.69 Å². The molecule has 2 aromatic rings. The standard InChI is InChI=1S/C18H21ClN4O2/c1-5-23-12(3)16(11(2)21-23)20-17(24)18(4)10-15(22-25-18)13-6-8-14(19)9-7-13/h6-9H,5,10H2,1-4H3,(H,20,24). The number of carbonyl (C=O) groups is 1. The average Bonchev–Trinajstić information content (AvgIpc) is 3.11. The number of aryl methyl sites for hydroxylation is 2. The first-order chi connectivity index (χ1) is 11.8. The number of anilines is 1. The molecule has 132 valence electrons. The van der Waals surface area contributed by atoms with Gasteiger partial charge in [0.15, 0.2) is 0 Å². The van der Waals surface area contributed by atoms with Gasteiger partial charge in [0.05, 0.1) is 22.8 Å². The van der Waals surface area contributed by atoms with Gasteiger partial charge in [-0.25, -0.2) is 0 Å². The van der Waals surface area contributed by atoms with Crippen molar-refractivity contribution in [3.05, 3.63) is 46.2 Å². The second-order valence-corrected chi connectivity index (χ2v) is 6.80. The molecule has 0 saturated carbocycles. The van der Waals surface area contributed by atoms with Crippen LogP contribution in [0.5, 0.6) is 0 Å². The normalized spacial score (nSPS) is 19.5. The number of amides is 1. The van der Waals surface area contributed by atoms with Crippen molar-refractivity contribution < 1.29 is 9.63 Å². The highest BCUT2D eigenvalue weighted by molar-refractivity contribution is 6.30. The molecule has 1 amide bonds. The lowest BCUT2D eigenvalue weighted by atomic mass is 9.95. The van der Waals surface area contributed by atoms with Crippen LogP contribution >= 0.6 is 11.6 Å². The summed E-state index contributed by atoms with van der Waals surface area (Å²) in [6.07, 6.45) is 0.389. The zero-order valence-electron chi connectivity index (χ0n) is 14.8. The molecule has 1 aliphatic heterocycles. The number of carbonyl (C=O) groups excluding carboxylic acids is 1. The van der Waals surface area contributed by atoms with Gasteiger partial charge < -0.3 is 10.2 Å². The molecular weight excluding hydrogens is 340 g/mol. The van der Waals surface area contributed by atoms with Crippen LogP contribution in [0.3, 0.4) is 0 Å². The Bertz CT molecular complexity index is 842. The minimum absolute atomic E-state index is 0.234. The van der Waals surface area contributed by atoms with E-state index in [9.17, 15) is 4.79 Å². The van der Waals surface area contributed by atoms with E-state index in [1.165, 1.54) is 0 Å². The van der Waals surface area contributed by atoms with Crippen molar-refractivity contribution in [3.8, 4) is 0 Å². The van der Waals surface area contributed by atoms with Crippen molar-refractivity contribution >= 4 is 28.9 Å². The van der Waals surface area contributed by atoms with Gasteiger partial charge >= 0.3 is 0 Å². The SMILES string of the molecule is CCn1nc(C)c(NC(=O)C2(C)CC(c3ccc(Cl)cc3)=NO2)c1C. The molecule has 0 aliphatic carbocycles. The Morgan fingerprint density at radius 1 is 1.36 bits per heavy atom. The maximum absolute atomic E-state index is 12.8. The first-order valence-electron chi connectivity index (χ1n) is 8.20. The number of rotatable bonds is 4. The minimum Gasteiger partial charge on any atom is -0.379 e. The highest BCUT2D eigenvalue weighted by Gasteiger charge is 2.42. The molecule has 7 heteroatoms. The number of hydrogen-bond acceptors (Lipinski definition) is 4. The Hall–Kier alpha value is -2.34. The number of aromatic nitrogens is 2. The third kappa shape index (κ3) is 3.26. The van der Waals surface area contributed by atoms with E-state index in [4.69, 9.17) is 16.4 Å². The Morgan fingerprint density at radius 3 is 2.64 bits per heavy atom. The molecule has 6 nitrogen and oxygen atoms in total. The van der Waals surface area contributed by atoms with Crippen molar-refractivity contribution in [1.29, 1.82) is 0 Å². The quantitative estimate of drug-likeness (QED) is 0.903. The molecule has 0 radical (unpaired) electrons. The Morgan fingerprint density at radius 2 is 2.04 bits per heavy atom. The highest BCUT2D eigenvalue weighted by atomic mass is 35.5. The lowest BCUT2D eigenvalue weighted by Gasteiger charge is -2.20. The summed E-state index contributed by atoms with van der Waals surface area (Å²) in [5.74, 6) is -0.234. The van der Waals surface area contributed by atoms with E-state index in [0.717, 1.165) is 34.9 Å². The maximum atomic E-state index is 12.8. The zero-order valence-corrected chi connectivity index (χ0v) is 15.5. The fourth-order valence-electron chi connectivity index (χ4n) is 2.89. The second-order valence-electron chi connectivity index (χ2n) is 6.36. The van der Waals surface area contributed by atoms with Gasteiger partial charge in [0.25, 0.3) is 5.91 Å². The van der Waals surface area contributed by atoms with Crippen LogP contribution in [0, 0.1) is 13.8 Å². The van der Waals surface area contributed by atoms with Crippen LogP contribution in [0.15, 0.2) is 29.4 Å². The summed E-state index contributed by atoms with van der Waals surface area (Å²) in [5.41, 5.74) is 3.01. The first-order valence-corrected chi connectivity index (χ1v) is 8.58. The summed E-state index contributed by atoms with van der Waals surface area (Å²) >= 11 is 5.92. The Balaban J connectivity index is 1.75. The van der Waals surface area contributed by atoms with Gasteiger partial charge in [-0.1, -0.05) is 28.9 Å². The molecule has 1 aromatic heterocycles. The summed E-state index contributed by atoms with van der Waals surface area (Å²) in [6, 6.07) is 7.32. The third-order valence-corrected chi connectivity index (χ3v) is 4.69. The van der Waals surface area contributed by atoms with Gasteiger partial charge in [0.2, 0.25) is 5.60 Å². The van der Waals surface area contributed by atoms with E-state index < -0.39 is 5.60 Å². The lowest BCUT2D eigenvalue weighted by molar-refractivity contribution is -0.135. The molecule has 0 saturated heterocycles. The van der Waals surface area contributed by atoms with Gasteiger partial charge in [0, 0.05) is 18.0 Å². The third-order valence-electron chi connectivity index (χ3n) is 4.44. The maximum Gasteiger partial charge on any atom is 0.271 e. The number of oxime groups is 1. The molecule has 25 heavy (non-hydrogen) atoms. The van der Waals surface area contributed by atoms with Gasteiger partial charge in [-0.15, -0.1) is 0 Å². The van der Waals surface area contributed by atoms with Crippen LogP contribution in [-0.4, -0.2) is 27.0 Å². The number of benzene rings is 1. The smallest absolute Gasteiger partial charge is 0.271 e. The van der Waals surface area contributed by atoms with E-state index >= 15 is 0 Å². The summed E-state index contributed by atoms with van der Waals surface area (Å²) in [4.78, 5) is 18.3. The van der Waals surface area contributed by atoms with Gasteiger partial charge in [0.1, 0.15) is 0 Å². The Kier molecular flexibility index (Phi) is 4.56. The number of halogens is 1. The fourth-order valence-corrected chi connectivity index (χ4v) is 3.02. The number of hydrogen-bond donors (Lipinski definition) is 1. The monoisotopic (exact) mass is 360 g/mol. The summed E-state index contributed by atoms with van der Waals surface area (Å²) < 4.78 is 1.86. The number of nitrogens with zero attached hydrogens (tertiary/aromatic N) is 3. The molecule has 2 heterocycles. The van der Waals surface area contributed by atoms with Crippen molar-refractivity contribution in [3.63, 3.8) is 0 Å². The van der Waals surface area contributed by atoms with E-state index in [1.807, 2.05) is 37.6 Å². The lowest BCUT2D eigenvalue weighted by Crippen LogP contribution is -2.40. The second kappa shape index (κ2) is 6.52. The molecular formula is C18H21ClN4O2.